The molecular weight excluding hydrogens is 1550 g/mol. The first-order valence-corrected chi connectivity index (χ1v) is 40.0. The lowest BCUT2D eigenvalue weighted by Gasteiger charge is -2.34. The zero-order valence-electron chi connectivity index (χ0n) is 67.7. The Morgan fingerprint density at radius 2 is 0.949 bits per heavy atom. The zero-order chi connectivity index (χ0) is 87.4. The summed E-state index contributed by atoms with van der Waals surface area (Å²) in [6, 6.07) is 8.27. The van der Waals surface area contributed by atoms with Crippen LogP contribution in [-0.4, -0.2) is 298 Å². The summed E-state index contributed by atoms with van der Waals surface area (Å²) in [5.41, 5.74) is 1.77. The molecule has 2 heterocycles. The van der Waals surface area contributed by atoms with E-state index in [4.69, 9.17) is 18.9 Å². The van der Waals surface area contributed by atoms with Crippen molar-refractivity contribution in [2.75, 3.05) is 117 Å². The number of carboxylic acid groups (broad SMARTS) is 8. The maximum absolute atomic E-state index is 14.5. The van der Waals surface area contributed by atoms with Crippen LogP contribution in [0.2, 0.25) is 0 Å². The lowest BCUT2D eigenvalue weighted by molar-refractivity contribution is -0.401. The number of carbonyl (C=O) groups is 13. The highest BCUT2D eigenvalue weighted by Crippen LogP contribution is 2.49. The van der Waals surface area contributed by atoms with Crippen molar-refractivity contribution in [3.05, 3.63) is 89.7 Å². The van der Waals surface area contributed by atoms with Crippen LogP contribution in [0, 0.1) is 0 Å². The van der Waals surface area contributed by atoms with Crippen molar-refractivity contribution in [1.29, 1.82) is 0 Å². The number of aliphatic carboxylic acids is 8. The highest BCUT2D eigenvalue weighted by atomic mass is 32.2. The van der Waals surface area contributed by atoms with E-state index >= 15 is 0 Å². The van der Waals surface area contributed by atoms with E-state index < -0.39 is 181 Å². The van der Waals surface area contributed by atoms with Crippen molar-refractivity contribution >= 4 is 105 Å². The molecule has 0 fully saturated rings. The summed E-state index contributed by atoms with van der Waals surface area (Å²) in [4.78, 5) is 165. The number of hydrogen-bond donors (Lipinski definition) is 12. The van der Waals surface area contributed by atoms with E-state index in [2.05, 4.69) is 57.9 Å². The molecule has 2 aromatic carbocycles. The van der Waals surface area contributed by atoms with Gasteiger partial charge in [0.2, 0.25) is 29.3 Å². The number of nitrogens with zero attached hydrogens (tertiary/aromatic N) is 5. The predicted molar refractivity (Wildman–Crippen MR) is 421 cm³/mol. The van der Waals surface area contributed by atoms with Crippen LogP contribution >= 0.6 is 0 Å². The molecule has 12 N–H and O–H groups in total. The predicted octanol–water partition coefficient (Wildman–Crippen LogP) is 3.92. The van der Waals surface area contributed by atoms with Crippen molar-refractivity contribution in [2.24, 2.45) is 0 Å². The maximum Gasteiger partial charge on any atom is 0.323 e. The number of unbranched alkanes of at least 4 members (excludes halogenated alkanes) is 5. The van der Waals surface area contributed by atoms with Crippen LogP contribution in [0.15, 0.2) is 83.4 Å². The number of fused-ring (bicyclic) bond motifs is 2. The Balaban J connectivity index is 1.58. The van der Waals surface area contributed by atoms with Gasteiger partial charge in [-0.3, -0.25) is 77.0 Å². The van der Waals surface area contributed by atoms with Gasteiger partial charge in [0, 0.05) is 86.4 Å². The van der Waals surface area contributed by atoms with Crippen LogP contribution in [0.25, 0.3) is 0 Å². The zero-order valence-corrected chi connectivity index (χ0v) is 68.5. The summed E-state index contributed by atoms with van der Waals surface area (Å²) in [7, 11) is -2.82. The minimum atomic E-state index is -4.84. The number of esters is 1. The molecular formula is C79H115N9O28S. The fourth-order valence-corrected chi connectivity index (χ4v) is 14.3. The van der Waals surface area contributed by atoms with E-state index in [-0.39, 0.29) is 133 Å². The van der Waals surface area contributed by atoms with Crippen molar-refractivity contribution in [2.45, 2.75) is 196 Å². The summed E-state index contributed by atoms with van der Waals surface area (Å²) >= 11 is 0. The number of nitrogens with one attached hydrogen (secondary N) is 4. The number of anilines is 1. The highest BCUT2D eigenvalue weighted by Gasteiger charge is 2.44. The molecule has 3 atom stereocenters. The second-order valence-electron chi connectivity index (χ2n) is 30.7. The average Bonchev–Trinajstić information content (AvgIpc) is 1.59. The Morgan fingerprint density at radius 1 is 0.521 bits per heavy atom. The highest BCUT2D eigenvalue weighted by molar-refractivity contribution is 7.85. The van der Waals surface area contributed by atoms with Gasteiger partial charge in [0.25, 0.3) is 0 Å². The second-order valence-corrected chi connectivity index (χ2v) is 32.1. The summed E-state index contributed by atoms with van der Waals surface area (Å²) in [5.74, 6) is -14.3. The number of rotatable bonds is 59. The molecule has 2 aliphatic rings. The number of benzene rings is 2. The molecule has 0 spiro atoms. The van der Waals surface area contributed by atoms with E-state index in [9.17, 15) is 116 Å². The van der Waals surface area contributed by atoms with Crippen molar-refractivity contribution in [3.63, 3.8) is 0 Å². The normalized spacial score (nSPS) is 15.4. The Labute approximate surface area is 680 Å². The van der Waals surface area contributed by atoms with Gasteiger partial charge in [-0.2, -0.15) is 4.58 Å². The van der Waals surface area contributed by atoms with Gasteiger partial charge >= 0.3 is 53.7 Å². The molecule has 0 saturated carbocycles. The van der Waals surface area contributed by atoms with Crippen molar-refractivity contribution < 1.29 is 140 Å². The molecule has 0 aromatic heterocycles. The SMILES string of the molecule is C[N+]1=C(/C=C/C=C/C=C2/N(CCCCCC(=O)NC(COCCC(=O)NCCCCC(C(=O)O)N(CC(=O)O)CC(=O)O)(COCCC(=O)NCCCCC(C(=O)O)N(CC(=O)O)CC(=O)O)COCCC(=O)NCCCCC(C(=O)OC(C)(C)C)N(CC(=O)O)CC(=O)O)c3ccc(S(=O)(=O)[O-])cc3C2(C)C)C(C)(C)c2ccccc21. The third kappa shape index (κ3) is 34.6. The summed E-state index contributed by atoms with van der Waals surface area (Å²) in [6.07, 6.45) is 10.9. The first-order chi connectivity index (χ1) is 54.9. The second kappa shape index (κ2) is 48.0. The molecule has 4 amide bonds. The maximum atomic E-state index is 14.5. The molecule has 2 aliphatic heterocycles. The van der Waals surface area contributed by atoms with Gasteiger partial charge in [0.1, 0.15) is 46.4 Å². The fraction of sp³-hybridized carbons (Fsp3) is 0.595. The molecule has 37 nitrogen and oxygen atoms in total. The van der Waals surface area contributed by atoms with Gasteiger partial charge in [0.05, 0.1) is 89.2 Å². The van der Waals surface area contributed by atoms with Gasteiger partial charge < -0.3 is 90.5 Å². The molecule has 2 aromatic rings. The molecule has 117 heavy (non-hydrogen) atoms. The Bertz CT molecular complexity index is 3910. The molecule has 0 saturated heterocycles. The van der Waals surface area contributed by atoms with Crippen LogP contribution in [0.5, 0.6) is 0 Å². The minimum Gasteiger partial charge on any atom is -0.744 e. The summed E-state index contributed by atoms with van der Waals surface area (Å²) in [5, 5.41) is 87.0. The monoisotopic (exact) mass is 1670 g/mol. The average molecular weight is 1670 g/mol. The minimum absolute atomic E-state index is 0.0229. The van der Waals surface area contributed by atoms with Crippen LogP contribution in [0.3, 0.4) is 0 Å². The van der Waals surface area contributed by atoms with Crippen LogP contribution in [0.1, 0.15) is 162 Å². The first-order valence-electron chi connectivity index (χ1n) is 38.6. The third-order valence-corrected chi connectivity index (χ3v) is 20.2. The summed E-state index contributed by atoms with van der Waals surface area (Å²) in [6.45, 7) is 6.40. The molecule has 0 radical (unpaired) electrons. The molecule has 650 valence electrons. The number of para-hydroxylation sites is 1. The topological polar surface area (TPSA) is 542 Å². The smallest absolute Gasteiger partial charge is 0.323 e. The fourth-order valence-electron chi connectivity index (χ4n) is 13.8. The number of ether oxygens (including phenoxy) is 4. The van der Waals surface area contributed by atoms with Gasteiger partial charge in [-0.15, -0.1) is 0 Å². The van der Waals surface area contributed by atoms with Crippen molar-refractivity contribution in [1.82, 2.24) is 36.0 Å². The van der Waals surface area contributed by atoms with Gasteiger partial charge in [-0.05, 0) is 135 Å². The Kier molecular flexibility index (Phi) is 40.7. The number of amides is 4. The van der Waals surface area contributed by atoms with E-state index in [1.54, 1.807) is 26.8 Å². The van der Waals surface area contributed by atoms with Crippen LogP contribution < -0.4 is 26.2 Å². The van der Waals surface area contributed by atoms with Crippen LogP contribution in [0.4, 0.5) is 11.4 Å². The number of allylic oxidation sites excluding steroid dienone is 6. The standard InChI is InChI=1S/C79H115N9O28S/c1-76(2,3)116-75(109)60(87(48-71(101)102)49-72(103)104)27-18-21-38-82-65(91)35-42-115-52-79(50-113-40-33-63(89)80-36-19-16-25-58(73(105)106)85(44-67(93)94)45-68(95)96,51-114-41-34-64(90)81-37-20-17-26-59(74(107)108)86(46-69(97)98)47-70(99)100)83-66(92)30-13-10-22-39-88-57-32-31-53(117(110,111)112)43-55(57)78(6,7)62(88)29-12-9-11-28-61-77(4,5)54-23-14-15-24-56(54)84(61)8/h9,11-12,14-15,23-24,28-29,31-32,43,58-60H,10,13,16-22,25-27,30,33-42,44-52H2,1-8H3,(H12-,80,81,82,83,89,90,91,92,93,94,95,96,97,98,99,100,101,102,103,104,105,106,107,108,110,111,112). The Morgan fingerprint density at radius 3 is 1.36 bits per heavy atom. The number of carbonyl (C=O) groups excluding carboxylic acids is 5. The molecule has 4 rings (SSSR count). The quantitative estimate of drug-likeness (QED) is 0.0147. The lowest BCUT2D eigenvalue weighted by Crippen LogP contribution is -2.58. The molecule has 0 aliphatic carbocycles. The van der Waals surface area contributed by atoms with Crippen molar-refractivity contribution in [3.8, 4) is 0 Å². The molecule has 3 unspecified atom stereocenters. The number of hydrogen-bond acceptors (Lipinski definition) is 24. The van der Waals surface area contributed by atoms with E-state index in [0.29, 0.717) is 37.1 Å². The molecule has 38 heteroatoms. The lowest BCUT2D eigenvalue weighted by atomic mass is 9.81. The first kappa shape index (κ1) is 99.3. The Hall–Kier alpha value is -10.1. The number of carboxylic acids is 8. The largest absolute Gasteiger partial charge is 0.744 e. The van der Waals surface area contributed by atoms with E-state index in [0.717, 1.165) is 31.8 Å². The van der Waals surface area contributed by atoms with Gasteiger partial charge in [-0.1, -0.05) is 56.7 Å². The van der Waals surface area contributed by atoms with Crippen LogP contribution in [-0.2, 0) is 102 Å². The van der Waals surface area contributed by atoms with Gasteiger partial charge in [-0.25, -0.2) is 8.42 Å². The molecule has 0 bridgehead atoms. The summed E-state index contributed by atoms with van der Waals surface area (Å²) < 4.78 is 63.0. The third-order valence-electron chi connectivity index (χ3n) is 19.3. The van der Waals surface area contributed by atoms with Gasteiger partial charge in [0.15, 0.2) is 5.71 Å². The van der Waals surface area contributed by atoms with E-state index in [1.807, 2.05) is 62.2 Å². The van der Waals surface area contributed by atoms with E-state index in [1.165, 1.54) is 17.7 Å².